The lowest BCUT2D eigenvalue weighted by Crippen LogP contribution is -2.45. The number of fused-ring (bicyclic) bond motifs is 1. The maximum absolute atomic E-state index is 4.64. The third-order valence-corrected chi connectivity index (χ3v) is 5.39. The van der Waals surface area contributed by atoms with Crippen LogP contribution in [0, 0.1) is 0 Å². The Morgan fingerprint density at radius 3 is 2.44 bits per heavy atom. The first-order valence-electron chi connectivity index (χ1n) is 8.97. The molecule has 3 rings (SSSR count). The van der Waals surface area contributed by atoms with Crippen LogP contribution >= 0.6 is 0 Å². The summed E-state index contributed by atoms with van der Waals surface area (Å²) in [4.78, 5) is 9.14. The number of anilines is 2. The molecule has 0 radical (unpaired) electrons. The van der Waals surface area contributed by atoms with Crippen molar-refractivity contribution in [2.24, 2.45) is 4.99 Å². The number of benzene rings is 2. The summed E-state index contributed by atoms with van der Waals surface area (Å²) in [6.45, 7) is 6.97. The summed E-state index contributed by atoms with van der Waals surface area (Å²) in [6, 6.07) is 15.0. The van der Waals surface area contributed by atoms with E-state index in [9.17, 15) is 0 Å². The van der Waals surface area contributed by atoms with E-state index in [1.165, 1.54) is 23.4 Å². The van der Waals surface area contributed by atoms with Crippen molar-refractivity contribution in [2.75, 3.05) is 30.9 Å². The fourth-order valence-corrected chi connectivity index (χ4v) is 3.66. The van der Waals surface area contributed by atoms with Gasteiger partial charge in [-0.1, -0.05) is 13.0 Å². The second-order valence-electron chi connectivity index (χ2n) is 7.96. The van der Waals surface area contributed by atoms with Crippen LogP contribution < -0.4 is 9.80 Å². The molecular formula is C22H29N3. The predicted octanol–water partition coefficient (Wildman–Crippen LogP) is 5.23. The summed E-state index contributed by atoms with van der Waals surface area (Å²) in [5.74, 6) is 0.564. The molecule has 132 valence electrons. The zero-order chi connectivity index (χ0) is 18.2. The first-order chi connectivity index (χ1) is 11.8. The molecule has 25 heavy (non-hydrogen) atoms. The molecule has 0 N–H and O–H groups in total. The molecule has 1 aliphatic heterocycles. The number of rotatable bonds is 3. The van der Waals surface area contributed by atoms with E-state index in [4.69, 9.17) is 0 Å². The average Bonchev–Trinajstić information content (AvgIpc) is 2.58. The minimum atomic E-state index is 0.205. The Bertz CT molecular complexity index is 772. The van der Waals surface area contributed by atoms with Crippen molar-refractivity contribution in [1.29, 1.82) is 0 Å². The van der Waals surface area contributed by atoms with Crippen LogP contribution in [-0.2, 0) is 0 Å². The van der Waals surface area contributed by atoms with Gasteiger partial charge in [0.1, 0.15) is 0 Å². The Hall–Kier alpha value is -2.29. The van der Waals surface area contributed by atoms with Crippen molar-refractivity contribution >= 4 is 23.3 Å². The zero-order valence-electron chi connectivity index (χ0n) is 16.2. The Morgan fingerprint density at radius 1 is 1.12 bits per heavy atom. The second kappa shape index (κ2) is 6.55. The molecule has 0 saturated carbocycles. The molecule has 0 spiro atoms. The maximum Gasteiger partial charge on any atom is 0.0631 e. The lowest BCUT2D eigenvalue weighted by Gasteiger charge is -2.45. The minimum Gasteiger partial charge on any atom is -0.378 e. The smallest absolute Gasteiger partial charge is 0.0631 e. The molecule has 1 heterocycles. The molecule has 2 aromatic carbocycles. The van der Waals surface area contributed by atoms with E-state index >= 15 is 0 Å². The molecule has 1 aliphatic rings. The third kappa shape index (κ3) is 3.55. The van der Waals surface area contributed by atoms with Crippen molar-refractivity contribution in [3.8, 4) is 0 Å². The molecule has 0 unspecified atom stereocenters. The monoisotopic (exact) mass is 335 g/mol. The molecule has 1 atom stereocenters. The van der Waals surface area contributed by atoms with Gasteiger partial charge in [-0.25, -0.2) is 0 Å². The van der Waals surface area contributed by atoms with Crippen LogP contribution in [0.2, 0.25) is 0 Å². The van der Waals surface area contributed by atoms with E-state index in [-0.39, 0.29) is 5.54 Å². The molecular weight excluding hydrogens is 306 g/mol. The van der Waals surface area contributed by atoms with Crippen molar-refractivity contribution in [1.82, 2.24) is 0 Å². The highest BCUT2D eigenvalue weighted by Gasteiger charge is 2.33. The van der Waals surface area contributed by atoms with Crippen molar-refractivity contribution in [2.45, 2.75) is 38.6 Å². The van der Waals surface area contributed by atoms with Gasteiger partial charge < -0.3 is 9.80 Å². The summed E-state index contributed by atoms with van der Waals surface area (Å²) in [5, 5.41) is 0. The summed E-state index contributed by atoms with van der Waals surface area (Å²) in [7, 11) is 6.29. The van der Waals surface area contributed by atoms with E-state index in [1.807, 2.05) is 20.3 Å². The van der Waals surface area contributed by atoms with Gasteiger partial charge in [0.2, 0.25) is 0 Å². The Morgan fingerprint density at radius 2 is 1.80 bits per heavy atom. The first kappa shape index (κ1) is 17.5. The van der Waals surface area contributed by atoms with Gasteiger partial charge in [0.05, 0.1) is 5.69 Å². The second-order valence-corrected chi connectivity index (χ2v) is 7.96. The van der Waals surface area contributed by atoms with Gasteiger partial charge in [0, 0.05) is 44.3 Å². The molecule has 0 bridgehead atoms. The lowest BCUT2D eigenvalue weighted by atomic mass is 9.80. The molecule has 2 aromatic rings. The van der Waals surface area contributed by atoms with Crippen LogP contribution in [0.5, 0.6) is 0 Å². The van der Waals surface area contributed by atoms with E-state index in [2.05, 4.69) is 85.1 Å². The van der Waals surface area contributed by atoms with Crippen molar-refractivity contribution in [3.05, 3.63) is 53.6 Å². The van der Waals surface area contributed by atoms with Gasteiger partial charge in [-0.3, -0.25) is 4.99 Å². The Kier molecular flexibility index (Phi) is 4.59. The largest absolute Gasteiger partial charge is 0.378 e. The Balaban J connectivity index is 1.84. The first-order valence-corrected chi connectivity index (χ1v) is 8.97. The number of hydrogen-bond donors (Lipinski definition) is 0. The van der Waals surface area contributed by atoms with E-state index < -0.39 is 0 Å². The topological polar surface area (TPSA) is 18.8 Å². The van der Waals surface area contributed by atoms with Gasteiger partial charge in [-0.2, -0.15) is 0 Å². The summed E-state index contributed by atoms with van der Waals surface area (Å²) in [5.41, 5.74) is 6.30. The summed E-state index contributed by atoms with van der Waals surface area (Å²) < 4.78 is 0. The van der Waals surface area contributed by atoms with Crippen LogP contribution in [-0.4, -0.2) is 32.9 Å². The normalized spacial score (nSPS) is 19.1. The average molecular weight is 335 g/mol. The van der Waals surface area contributed by atoms with Gasteiger partial charge in [-0.15, -0.1) is 0 Å². The van der Waals surface area contributed by atoms with Gasteiger partial charge in [0.15, 0.2) is 0 Å². The molecule has 0 aromatic heterocycles. The third-order valence-electron chi connectivity index (χ3n) is 5.39. The highest BCUT2D eigenvalue weighted by molar-refractivity contribution is 5.84. The number of nitrogens with zero attached hydrogens (tertiary/aromatic N) is 3. The lowest BCUT2D eigenvalue weighted by molar-refractivity contribution is 0.395. The standard InChI is InChI=1S/C22H29N3/c1-16-14-22(2,3)25(6)21-12-7-17(13-20(16)21)15-23-18-8-10-19(11-9-18)24(4)5/h7-13,15-16H,14H2,1-6H3/t16-/m1/s1. The highest BCUT2D eigenvalue weighted by Crippen LogP contribution is 2.42. The van der Waals surface area contributed by atoms with E-state index in [1.54, 1.807) is 0 Å². The predicted molar refractivity (Wildman–Crippen MR) is 110 cm³/mol. The fourth-order valence-electron chi connectivity index (χ4n) is 3.66. The quantitative estimate of drug-likeness (QED) is 0.716. The maximum atomic E-state index is 4.64. The Labute approximate surface area is 152 Å². The van der Waals surface area contributed by atoms with E-state index in [0.717, 1.165) is 11.3 Å². The molecule has 0 amide bonds. The molecule has 0 saturated heterocycles. The van der Waals surface area contributed by atoms with Crippen LogP contribution in [0.15, 0.2) is 47.5 Å². The highest BCUT2D eigenvalue weighted by atomic mass is 15.2. The SMILES string of the molecule is C[C@@H]1CC(C)(C)N(C)c2ccc(C=Nc3ccc(N(C)C)cc3)cc21. The molecule has 0 fully saturated rings. The minimum absolute atomic E-state index is 0.205. The molecule has 3 heteroatoms. The van der Waals surface area contributed by atoms with Crippen LogP contribution in [0.4, 0.5) is 17.1 Å². The number of aliphatic imine (C=N–C) groups is 1. The molecule has 3 nitrogen and oxygen atoms in total. The van der Waals surface area contributed by atoms with Crippen molar-refractivity contribution < 1.29 is 0 Å². The fraction of sp³-hybridized carbons (Fsp3) is 0.409. The number of hydrogen-bond acceptors (Lipinski definition) is 3. The van der Waals surface area contributed by atoms with Gasteiger partial charge in [-0.05, 0) is 73.7 Å². The van der Waals surface area contributed by atoms with Crippen LogP contribution in [0.3, 0.4) is 0 Å². The van der Waals surface area contributed by atoms with Gasteiger partial charge >= 0.3 is 0 Å². The van der Waals surface area contributed by atoms with Crippen LogP contribution in [0.25, 0.3) is 0 Å². The summed E-state index contributed by atoms with van der Waals surface area (Å²) in [6.07, 6.45) is 3.14. The summed E-state index contributed by atoms with van der Waals surface area (Å²) >= 11 is 0. The van der Waals surface area contributed by atoms with Gasteiger partial charge in [0.25, 0.3) is 0 Å². The van der Waals surface area contributed by atoms with Crippen LogP contribution in [0.1, 0.15) is 44.2 Å². The molecule has 0 aliphatic carbocycles. The van der Waals surface area contributed by atoms with Crippen molar-refractivity contribution in [3.63, 3.8) is 0 Å². The zero-order valence-corrected chi connectivity index (χ0v) is 16.2. The van der Waals surface area contributed by atoms with E-state index in [0.29, 0.717) is 5.92 Å².